The van der Waals surface area contributed by atoms with Gasteiger partial charge in [-0.15, -0.1) is 23.5 Å². The molecule has 1 heterocycles. The molecule has 0 saturated heterocycles. The maximum Gasteiger partial charge on any atom is 0.338 e. The van der Waals surface area contributed by atoms with Gasteiger partial charge in [0.25, 0.3) is 0 Å². The lowest BCUT2D eigenvalue weighted by atomic mass is 10.1. The Labute approximate surface area is 205 Å². The molecule has 0 spiro atoms. The molecule has 2 atom stereocenters. The van der Waals surface area contributed by atoms with Gasteiger partial charge in [0, 0.05) is 26.5 Å². The molecule has 0 aromatic heterocycles. The Kier molecular flexibility index (Phi) is 11.3. The first kappa shape index (κ1) is 26.8. The van der Waals surface area contributed by atoms with Crippen molar-refractivity contribution in [3.8, 4) is 0 Å². The van der Waals surface area contributed by atoms with Gasteiger partial charge in [0.2, 0.25) is 0 Å². The van der Waals surface area contributed by atoms with Crippen LogP contribution >= 0.6 is 23.5 Å². The van der Waals surface area contributed by atoms with Gasteiger partial charge in [-0.3, -0.25) is 0 Å². The predicted molar refractivity (Wildman–Crippen MR) is 141 cm³/mol. The van der Waals surface area contributed by atoms with Crippen LogP contribution in [0.15, 0.2) is 77.8 Å². The highest BCUT2D eigenvalue weighted by Gasteiger charge is 2.23. The molecule has 0 radical (unpaired) electrons. The van der Waals surface area contributed by atoms with Crippen LogP contribution in [0.5, 0.6) is 0 Å². The van der Waals surface area contributed by atoms with Gasteiger partial charge < -0.3 is 9.47 Å². The summed E-state index contributed by atoms with van der Waals surface area (Å²) in [5, 5.41) is 0.819. The highest BCUT2D eigenvalue weighted by atomic mass is 32.2. The zero-order valence-electron chi connectivity index (χ0n) is 19.7. The summed E-state index contributed by atoms with van der Waals surface area (Å²) in [6.07, 6.45) is 14.9. The molecule has 6 heteroatoms. The van der Waals surface area contributed by atoms with Crippen molar-refractivity contribution in [1.82, 2.24) is 0 Å². The van der Waals surface area contributed by atoms with Crippen molar-refractivity contribution in [1.29, 1.82) is 0 Å². The zero-order valence-corrected chi connectivity index (χ0v) is 21.3. The van der Waals surface area contributed by atoms with Gasteiger partial charge in [-0.25, -0.2) is 9.59 Å². The van der Waals surface area contributed by atoms with Crippen LogP contribution in [0.1, 0.15) is 49.0 Å². The number of hydrogen-bond acceptors (Lipinski definition) is 6. The molecule has 0 fully saturated rings. The van der Waals surface area contributed by atoms with E-state index < -0.39 is 0 Å². The minimum absolute atomic E-state index is 0.296. The van der Waals surface area contributed by atoms with Crippen LogP contribution in [0.2, 0.25) is 0 Å². The number of ether oxygens (including phenoxy) is 2. The number of methoxy groups -OCH3 is 2. The number of carbonyl (C=O) groups is 2. The van der Waals surface area contributed by atoms with Crippen LogP contribution < -0.4 is 0 Å². The van der Waals surface area contributed by atoms with Gasteiger partial charge in [-0.05, 0) is 44.1 Å². The molecule has 2 rings (SSSR count). The summed E-state index contributed by atoms with van der Waals surface area (Å²) in [5.74, 6) is -0.686. The monoisotopic (exact) mass is 484 g/mol. The minimum Gasteiger partial charge on any atom is -0.466 e. The molecule has 0 amide bonds. The first-order chi connectivity index (χ1) is 15.9. The lowest BCUT2D eigenvalue weighted by molar-refractivity contribution is -0.136. The Balaban J connectivity index is 1.87. The van der Waals surface area contributed by atoms with E-state index in [1.807, 2.05) is 61.2 Å². The molecule has 0 N–H and O–H groups in total. The van der Waals surface area contributed by atoms with Crippen molar-refractivity contribution in [2.75, 3.05) is 14.2 Å². The van der Waals surface area contributed by atoms with Gasteiger partial charge in [-0.1, -0.05) is 61.2 Å². The Morgan fingerprint density at radius 3 is 2.55 bits per heavy atom. The lowest BCUT2D eigenvalue weighted by Gasteiger charge is -2.17. The summed E-state index contributed by atoms with van der Waals surface area (Å²) in [4.78, 5) is 25.9. The topological polar surface area (TPSA) is 52.6 Å². The number of allylic oxidation sites excluding steroid dienone is 6. The van der Waals surface area contributed by atoms with E-state index in [1.54, 1.807) is 11.8 Å². The van der Waals surface area contributed by atoms with Crippen molar-refractivity contribution >= 4 is 40.4 Å². The third-order valence-corrected chi connectivity index (χ3v) is 8.05. The first-order valence-corrected chi connectivity index (χ1v) is 12.6. The molecule has 0 aliphatic carbocycles. The first-order valence-electron chi connectivity index (χ1n) is 10.9. The fourth-order valence-electron chi connectivity index (χ4n) is 3.29. The van der Waals surface area contributed by atoms with E-state index in [1.165, 1.54) is 19.1 Å². The largest absolute Gasteiger partial charge is 0.466 e. The molecular formula is C27H32O4S2. The molecular weight excluding hydrogens is 452 g/mol. The second kappa shape index (κ2) is 14.0. The fraction of sp³-hybridized carbons (Fsp3) is 0.333. The molecule has 2 unspecified atom stereocenters. The molecule has 1 aliphatic heterocycles. The molecule has 4 nitrogen and oxygen atoms in total. The standard InChI is InChI=1S/C27H32O4S2/c1-6-24(22-15-11-12-16-23(22)27(29)31-5)32-20(3)25-18-17-21(33-25)14-10-8-7-9-13-19(2)26(28)30-4/h6-12,15-16,18,20-21H,2,13-14,17H2,1,3-5H3/b9-7?,10-8-,24-6-. The molecule has 1 aliphatic rings. The van der Waals surface area contributed by atoms with Crippen LogP contribution in [-0.4, -0.2) is 36.7 Å². The maximum absolute atomic E-state index is 12.2. The van der Waals surface area contributed by atoms with E-state index in [0.29, 0.717) is 28.1 Å². The van der Waals surface area contributed by atoms with Crippen molar-refractivity contribution in [3.05, 3.63) is 88.9 Å². The van der Waals surface area contributed by atoms with Crippen molar-refractivity contribution < 1.29 is 19.1 Å². The number of esters is 2. The van der Waals surface area contributed by atoms with E-state index in [9.17, 15) is 9.59 Å². The average molecular weight is 485 g/mol. The highest BCUT2D eigenvalue weighted by molar-refractivity contribution is 8.11. The van der Waals surface area contributed by atoms with E-state index in [0.717, 1.165) is 23.3 Å². The Hall–Kier alpha value is -2.44. The molecule has 1 aromatic rings. The highest BCUT2D eigenvalue weighted by Crippen LogP contribution is 2.44. The van der Waals surface area contributed by atoms with Crippen LogP contribution in [0.25, 0.3) is 4.91 Å². The minimum atomic E-state index is -0.369. The second-order valence-corrected chi connectivity index (χ2v) is 10.2. The third-order valence-electron chi connectivity index (χ3n) is 5.07. The Morgan fingerprint density at radius 1 is 1.18 bits per heavy atom. The number of thioether (sulfide) groups is 2. The normalized spacial score (nSPS) is 17.3. The molecule has 176 valence electrons. The Morgan fingerprint density at radius 2 is 1.88 bits per heavy atom. The van der Waals surface area contributed by atoms with Crippen LogP contribution in [0, 0.1) is 0 Å². The van der Waals surface area contributed by atoms with Gasteiger partial charge in [0.1, 0.15) is 0 Å². The van der Waals surface area contributed by atoms with Gasteiger partial charge in [0.15, 0.2) is 0 Å². The van der Waals surface area contributed by atoms with E-state index in [2.05, 4.69) is 36.5 Å². The van der Waals surface area contributed by atoms with E-state index in [4.69, 9.17) is 4.74 Å². The predicted octanol–water partition coefficient (Wildman–Crippen LogP) is 6.97. The molecule has 1 aromatic carbocycles. The van der Waals surface area contributed by atoms with Crippen molar-refractivity contribution in [2.24, 2.45) is 0 Å². The molecule has 0 bridgehead atoms. The number of carbonyl (C=O) groups excluding carboxylic acids is 2. The van der Waals surface area contributed by atoms with E-state index in [-0.39, 0.29) is 11.9 Å². The van der Waals surface area contributed by atoms with Gasteiger partial charge >= 0.3 is 11.9 Å². The number of hydrogen-bond donors (Lipinski definition) is 0. The van der Waals surface area contributed by atoms with Crippen molar-refractivity contribution in [2.45, 2.75) is 43.6 Å². The van der Waals surface area contributed by atoms with Crippen LogP contribution in [0.3, 0.4) is 0 Å². The van der Waals surface area contributed by atoms with Crippen molar-refractivity contribution in [3.63, 3.8) is 0 Å². The third kappa shape index (κ3) is 8.13. The second-order valence-electron chi connectivity index (χ2n) is 7.42. The number of rotatable bonds is 11. The smallest absolute Gasteiger partial charge is 0.338 e. The summed E-state index contributed by atoms with van der Waals surface area (Å²) >= 11 is 3.70. The van der Waals surface area contributed by atoms with E-state index >= 15 is 0 Å². The lowest BCUT2D eigenvalue weighted by Crippen LogP contribution is -2.06. The summed E-state index contributed by atoms with van der Waals surface area (Å²) < 4.78 is 9.59. The quantitative estimate of drug-likeness (QED) is 0.192. The molecule has 0 saturated carbocycles. The summed E-state index contributed by atoms with van der Waals surface area (Å²) in [7, 11) is 2.77. The van der Waals surface area contributed by atoms with Crippen LogP contribution in [-0.2, 0) is 14.3 Å². The van der Waals surface area contributed by atoms with Gasteiger partial charge in [0.05, 0.1) is 19.8 Å². The number of benzene rings is 1. The summed E-state index contributed by atoms with van der Waals surface area (Å²) in [5.41, 5.74) is 1.95. The Bertz CT molecular complexity index is 972. The average Bonchev–Trinajstić information content (AvgIpc) is 3.32. The zero-order chi connectivity index (χ0) is 24.2. The fourth-order valence-corrected chi connectivity index (χ4v) is 5.80. The SMILES string of the molecule is C=C(CC=C/C=C\CC1CC=C(C(C)S/C(=C\C)c2ccccc2C(=O)OC)S1)C(=O)OC. The van der Waals surface area contributed by atoms with Gasteiger partial charge in [-0.2, -0.15) is 0 Å². The summed E-state index contributed by atoms with van der Waals surface area (Å²) in [6, 6.07) is 7.58. The summed E-state index contributed by atoms with van der Waals surface area (Å²) in [6.45, 7) is 7.92. The van der Waals surface area contributed by atoms with Crippen LogP contribution in [0.4, 0.5) is 0 Å². The molecule has 33 heavy (non-hydrogen) atoms. The maximum atomic E-state index is 12.2.